The van der Waals surface area contributed by atoms with Gasteiger partial charge in [0, 0.05) is 31.6 Å². The lowest BCUT2D eigenvalue weighted by atomic mass is 10.1. The van der Waals surface area contributed by atoms with Gasteiger partial charge in [-0.2, -0.15) is 0 Å². The van der Waals surface area contributed by atoms with Crippen molar-refractivity contribution in [1.82, 2.24) is 10.2 Å². The van der Waals surface area contributed by atoms with Crippen LogP contribution in [0.3, 0.4) is 0 Å². The molecule has 0 saturated carbocycles. The number of hydrogen-bond acceptors (Lipinski definition) is 4. The lowest BCUT2D eigenvalue weighted by Crippen LogP contribution is -2.51. The summed E-state index contributed by atoms with van der Waals surface area (Å²) in [5, 5.41) is 12.4. The number of nitrogens with zero attached hydrogens (tertiary/aromatic N) is 1. The van der Waals surface area contributed by atoms with Crippen LogP contribution in [0, 0.1) is 0 Å². The first kappa shape index (κ1) is 15.4. The minimum atomic E-state index is -0.242. The Kier molecular flexibility index (Phi) is 5.56. The van der Waals surface area contributed by atoms with Gasteiger partial charge in [0.1, 0.15) is 0 Å². The smallest absolute Gasteiger partial charge is 0.224 e. The number of hydrogen-bond donors (Lipinski definition) is 2. The van der Waals surface area contributed by atoms with Gasteiger partial charge in [0.2, 0.25) is 5.91 Å². The van der Waals surface area contributed by atoms with Gasteiger partial charge < -0.3 is 20.1 Å². The first-order valence-electron chi connectivity index (χ1n) is 6.61. The molecule has 1 saturated heterocycles. The van der Waals surface area contributed by atoms with E-state index in [2.05, 4.69) is 26.1 Å². The molecule has 2 unspecified atom stereocenters. The molecule has 1 aliphatic rings. The first-order valence-corrected chi connectivity index (χ1v) is 6.61. The van der Waals surface area contributed by atoms with E-state index in [-0.39, 0.29) is 30.3 Å². The second-order valence-corrected chi connectivity index (χ2v) is 5.98. The number of carbonyl (C=O) groups is 1. The Morgan fingerprint density at radius 1 is 1.44 bits per heavy atom. The summed E-state index contributed by atoms with van der Waals surface area (Å²) in [4.78, 5) is 13.8. The van der Waals surface area contributed by atoms with Crippen molar-refractivity contribution in [2.75, 3.05) is 26.2 Å². The van der Waals surface area contributed by atoms with Crippen LogP contribution < -0.4 is 5.32 Å². The maximum atomic E-state index is 12.0. The highest BCUT2D eigenvalue weighted by atomic mass is 16.5. The standard InChI is InChI=1S/C13H26N2O3/c1-10-7-15(8-11(9-16)18-10)12(17)5-6-14-13(2,3)4/h10-11,14,16H,5-9H2,1-4H3. The van der Waals surface area contributed by atoms with Crippen LogP contribution in [0.25, 0.3) is 0 Å². The molecule has 18 heavy (non-hydrogen) atoms. The molecule has 5 heteroatoms. The van der Waals surface area contributed by atoms with E-state index in [1.54, 1.807) is 4.90 Å². The second kappa shape index (κ2) is 6.50. The molecule has 0 aliphatic carbocycles. The summed E-state index contributed by atoms with van der Waals surface area (Å²) in [6, 6.07) is 0. The van der Waals surface area contributed by atoms with E-state index >= 15 is 0 Å². The first-order chi connectivity index (χ1) is 8.31. The van der Waals surface area contributed by atoms with Crippen LogP contribution in [0.2, 0.25) is 0 Å². The molecule has 0 spiro atoms. The number of morpholine rings is 1. The Morgan fingerprint density at radius 3 is 2.67 bits per heavy atom. The van der Waals surface area contributed by atoms with Crippen LogP contribution in [-0.2, 0) is 9.53 Å². The molecule has 2 atom stereocenters. The van der Waals surface area contributed by atoms with Crippen LogP contribution in [0.5, 0.6) is 0 Å². The third-order valence-electron chi connectivity index (χ3n) is 2.88. The summed E-state index contributed by atoms with van der Waals surface area (Å²) in [6.07, 6.45) is 0.242. The molecule has 106 valence electrons. The van der Waals surface area contributed by atoms with Crippen molar-refractivity contribution in [1.29, 1.82) is 0 Å². The highest BCUT2D eigenvalue weighted by Gasteiger charge is 2.27. The second-order valence-electron chi connectivity index (χ2n) is 5.98. The molecular formula is C13H26N2O3. The Bertz CT molecular complexity index is 276. The van der Waals surface area contributed by atoms with Crippen molar-refractivity contribution in [2.45, 2.75) is 51.9 Å². The predicted octanol–water partition coefficient (Wildman–Crippen LogP) is 0.373. The van der Waals surface area contributed by atoms with Crippen molar-refractivity contribution in [3.63, 3.8) is 0 Å². The highest BCUT2D eigenvalue weighted by molar-refractivity contribution is 5.76. The molecule has 0 radical (unpaired) electrons. The molecule has 1 fully saturated rings. The minimum absolute atomic E-state index is 0.00424. The zero-order chi connectivity index (χ0) is 13.8. The molecule has 0 aromatic heterocycles. The minimum Gasteiger partial charge on any atom is -0.394 e. The number of ether oxygens (including phenoxy) is 1. The zero-order valence-electron chi connectivity index (χ0n) is 11.9. The van der Waals surface area contributed by atoms with E-state index in [0.717, 1.165) is 0 Å². The number of rotatable bonds is 4. The molecular weight excluding hydrogens is 232 g/mol. The van der Waals surface area contributed by atoms with Gasteiger partial charge in [-0.3, -0.25) is 4.79 Å². The van der Waals surface area contributed by atoms with Gasteiger partial charge in [0.15, 0.2) is 0 Å². The van der Waals surface area contributed by atoms with Gasteiger partial charge in [-0.05, 0) is 27.7 Å². The van der Waals surface area contributed by atoms with Crippen LogP contribution >= 0.6 is 0 Å². The molecule has 1 heterocycles. The van der Waals surface area contributed by atoms with E-state index < -0.39 is 0 Å². The normalized spacial score (nSPS) is 25.3. The number of aliphatic hydroxyl groups excluding tert-OH is 1. The zero-order valence-corrected chi connectivity index (χ0v) is 11.9. The van der Waals surface area contributed by atoms with Gasteiger partial charge in [-0.1, -0.05) is 0 Å². The average Bonchev–Trinajstić information content (AvgIpc) is 2.26. The number of nitrogens with one attached hydrogen (secondary N) is 1. The maximum Gasteiger partial charge on any atom is 0.224 e. The van der Waals surface area contributed by atoms with E-state index in [1.165, 1.54) is 0 Å². The lowest BCUT2D eigenvalue weighted by Gasteiger charge is -2.36. The Balaban J connectivity index is 2.36. The number of amides is 1. The van der Waals surface area contributed by atoms with Gasteiger partial charge >= 0.3 is 0 Å². The summed E-state index contributed by atoms with van der Waals surface area (Å²) in [7, 11) is 0. The molecule has 1 aliphatic heterocycles. The fraction of sp³-hybridized carbons (Fsp3) is 0.923. The van der Waals surface area contributed by atoms with Crippen LogP contribution in [-0.4, -0.2) is 59.9 Å². The van der Waals surface area contributed by atoms with Crippen LogP contribution in [0.15, 0.2) is 0 Å². The number of carbonyl (C=O) groups excluding carboxylic acids is 1. The van der Waals surface area contributed by atoms with Crippen molar-refractivity contribution >= 4 is 5.91 Å². The SMILES string of the molecule is CC1CN(C(=O)CCNC(C)(C)C)CC(CO)O1. The summed E-state index contributed by atoms with van der Waals surface area (Å²) in [5.41, 5.74) is 0.0339. The van der Waals surface area contributed by atoms with E-state index in [4.69, 9.17) is 9.84 Å². The average molecular weight is 258 g/mol. The lowest BCUT2D eigenvalue weighted by molar-refractivity contribution is -0.147. The third-order valence-corrected chi connectivity index (χ3v) is 2.88. The fourth-order valence-corrected chi connectivity index (χ4v) is 2.05. The largest absolute Gasteiger partial charge is 0.394 e. The van der Waals surface area contributed by atoms with Gasteiger partial charge in [0.25, 0.3) is 0 Å². The van der Waals surface area contributed by atoms with Crippen molar-refractivity contribution in [2.24, 2.45) is 0 Å². The highest BCUT2D eigenvalue weighted by Crippen LogP contribution is 2.12. The van der Waals surface area contributed by atoms with Crippen LogP contribution in [0.1, 0.15) is 34.1 Å². The van der Waals surface area contributed by atoms with Gasteiger partial charge in [0.05, 0.1) is 18.8 Å². The molecule has 2 N–H and O–H groups in total. The predicted molar refractivity (Wildman–Crippen MR) is 70.4 cm³/mol. The van der Waals surface area contributed by atoms with E-state index in [0.29, 0.717) is 26.1 Å². The molecule has 0 aromatic carbocycles. The molecule has 1 amide bonds. The quantitative estimate of drug-likeness (QED) is 0.765. The van der Waals surface area contributed by atoms with Crippen molar-refractivity contribution < 1.29 is 14.6 Å². The fourth-order valence-electron chi connectivity index (χ4n) is 2.05. The Morgan fingerprint density at radius 2 is 2.11 bits per heavy atom. The molecule has 0 aromatic rings. The molecule has 5 nitrogen and oxygen atoms in total. The maximum absolute atomic E-state index is 12.0. The monoisotopic (exact) mass is 258 g/mol. The van der Waals surface area contributed by atoms with E-state index in [9.17, 15) is 4.79 Å². The van der Waals surface area contributed by atoms with Crippen molar-refractivity contribution in [3.05, 3.63) is 0 Å². The van der Waals surface area contributed by atoms with E-state index in [1.807, 2.05) is 6.92 Å². The summed E-state index contributed by atoms with van der Waals surface area (Å²) in [6.45, 7) is 9.92. The summed E-state index contributed by atoms with van der Waals surface area (Å²) in [5.74, 6) is 0.125. The third kappa shape index (κ3) is 5.33. The molecule has 0 bridgehead atoms. The van der Waals surface area contributed by atoms with Gasteiger partial charge in [-0.25, -0.2) is 0 Å². The Hall–Kier alpha value is -0.650. The Labute approximate surface area is 109 Å². The summed E-state index contributed by atoms with van der Waals surface area (Å²) >= 11 is 0. The summed E-state index contributed by atoms with van der Waals surface area (Å²) < 4.78 is 5.52. The topological polar surface area (TPSA) is 61.8 Å². The number of aliphatic hydroxyl groups is 1. The van der Waals surface area contributed by atoms with Gasteiger partial charge in [-0.15, -0.1) is 0 Å². The van der Waals surface area contributed by atoms with Crippen LogP contribution in [0.4, 0.5) is 0 Å². The van der Waals surface area contributed by atoms with Crippen molar-refractivity contribution in [3.8, 4) is 0 Å². The molecule has 1 rings (SSSR count).